The van der Waals surface area contributed by atoms with Gasteiger partial charge < -0.3 is 0 Å². The quantitative estimate of drug-likeness (QED) is 0.579. The Kier molecular flexibility index (Phi) is 6.93. The van der Waals surface area contributed by atoms with E-state index in [1.165, 1.54) is 18.3 Å². The first kappa shape index (κ1) is 19.0. The normalized spacial score (nSPS) is 10.9. The molecule has 22 heavy (non-hydrogen) atoms. The van der Waals surface area contributed by atoms with Crippen LogP contribution in [-0.4, -0.2) is 25.8 Å². The van der Waals surface area contributed by atoms with Gasteiger partial charge in [0.15, 0.2) is 5.69 Å². The predicted molar refractivity (Wildman–Crippen MR) is 78.6 cm³/mol. The van der Waals surface area contributed by atoms with E-state index in [-0.39, 0.29) is 16.1 Å². The standard InChI is InChI=1S/C10H4Cl2F3N3O.CH2Cl2/c11-4-2-1-3-16-6(4)5-7(9(12)19)17-18-8(5)10(13,14)15;2-1-3/h1-3H,(H,17,18);1H2. The summed E-state index contributed by atoms with van der Waals surface area (Å²) in [7, 11) is 0. The van der Waals surface area contributed by atoms with Crippen LogP contribution < -0.4 is 0 Å². The number of pyridine rings is 1. The fourth-order valence-electron chi connectivity index (χ4n) is 1.49. The van der Waals surface area contributed by atoms with Gasteiger partial charge in [0.05, 0.1) is 21.6 Å². The van der Waals surface area contributed by atoms with Gasteiger partial charge in [-0.3, -0.25) is 14.9 Å². The molecule has 0 aliphatic heterocycles. The van der Waals surface area contributed by atoms with Gasteiger partial charge in [-0.25, -0.2) is 0 Å². The van der Waals surface area contributed by atoms with Crippen LogP contribution >= 0.6 is 46.4 Å². The van der Waals surface area contributed by atoms with Crippen molar-refractivity contribution in [1.29, 1.82) is 0 Å². The average molecular weight is 395 g/mol. The van der Waals surface area contributed by atoms with Crippen LogP contribution in [-0.2, 0) is 6.18 Å². The summed E-state index contributed by atoms with van der Waals surface area (Å²) in [5.41, 5.74) is -2.57. The summed E-state index contributed by atoms with van der Waals surface area (Å²) in [4.78, 5) is 14.9. The fourth-order valence-corrected chi connectivity index (χ4v) is 1.84. The van der Waals surface area contributed by atoms with E-state index in [0.29, 0.717) is 0 Å². The summed E-state index contributed by atoms with van der Waals surface area (Å²) in [5, 5.41) is 4.03. The number of aromatic amines is 1. The Morgan fingerprint density at radius 2 is 1.91 bits per heavy atom. The molecule has 11 heteroatoms. The van der Waals surface area contributed by atoms with Crippen molar-refractivity contribution in [2.75, 3.05) is 5.34 Å². The number of carbonyl (C=O) groups excluding carboxylic acids is 1. The highest BCUT2D eigenvalue weighted by Gasteiger charge is 2.39. The second-order valence-corrected chi connectivity index (χ2v) is 5.09. The number of halogens is 7. The SMILES string of the molecule is ClCCl.O=C(Cl)c1n[nH]c(C(F)(F)F)c1-c1ncccc1Cl. The lowest BCUT2D eigenvalue weighted by molar-refractivity contribution is -0.140. The van der Waals surface area contributed by atoms with E-state index in [0.717, 1.165) is 0 Å². The van der Waals surface area contributed by atoms with Gasteiger partial charge in [-0.1, -0.05) is 11.6 Å². The third kappa shape index (κ3) is 4.49. The van der Waals surface area contributed by atoms with E-state index in [9.17, 15) is 18.0 Å². The molecular formula is C11H6Cl4F3N3O. The smallest absolute Gasteiger partial charge is 0.274 e. The van der Waals surface area contributed by atoms with Crippen LogP contribution in [0.5, 0.6) is 0 Å². The van der Waals surface area contributed by atoms with Gasteiger partial charge in [0.1, 0.15) is 5.69 Å². The van der Waals surface area contributed by atoms with Crippen molar-refractivity contribution in [3.63, 3.8) is 0 Å². The lowest BCUT2D eigenvalue weighted by atomic mass is 10.1. The monoisotopic (exact) mass is 393 g/mol. The highest BCUT2D eigenvalue weighted by molar-refractivity contribution is 6.68. The molecule has 0 saturated carbocycles. The number of nitrogens with zero attached hydrogens (tertiary/aromatic N) is 2. The van der Waals surface area contributed by atoms with Crippen LogP contribution in [0.25, 0.3) is 11.3 Å². The average Bonchev–Trinajstić information content (AvgIpc) is 2.84. The minimum Gasteiger partial charge on any atom is -0.274 e. The summed E-state index contributed by atoms with van der Waals surface area (Å²) < 4.78 is 38.5. The Morgan fingerprint density at radius 1 is 1.32 bits per heavy atom. The number of nitrogens with one attached hydrogen (secondary N) is 1. The molecule has 0 radical (unpaired) electrons. The highest BCUT2D eigenvalue weighted by atomic mass is 35.5. The molecule has 120 valence electrons. The van der Waals surface area contributed by atoms with E-state index >= 15 is 0 Å². The molecule has 0 fully saturated rings. The summed E-state index contributed by atoms with van der Waals surface area (Å²) in [6, 6.07) is 2.79. The van der Waals surface area contributed by atoms with Crippen molar-refractivity contribution in [2.45, 2.75) is 6.18 Å². The molecule has 0 spiro atoms. The predicted octanol–water partition coefficient (Wildman–Crippen LogP) is 4.94. The van der Waals surface area contributed by atoms with E-state index in [1.807, 2.05) is 0 Å². The molecular weight excluding hydrogens is 389 g/mol. The number of H-pyrrole nitrogens is 1. The van der Waals surface area contributed by atoms with Gasteiger partial charge in [-0.15, -0.1) is 23.2 Å². The first-order valence-corrected chi connectivity index (χ1v) is 7.14. The highest BCUT2D eigenvalue weighted by Crippen LogP contribution is 2.39. The minimum atomic E-state index is -4.74. The molecule has 2 aromatic rings. The zero-order chi connectivity index (χ0) is 16.9. The molecule has 1 N–H and O–H groups in total. The number of carbonyl (C=O) groups is 1. The van der Waals surface area contributed by atoms with Gasteiger partial charge in [0, 0.05) is 6.20 Å². The first-order valence-electron chi connectivity index (χ1n) is 5.32. The van der Waals surface area contributed by atoms with Crippen LogP contribution in [0.4, 0.5) is 13.2 Å². The van der Waals surface area contributed by atoms with Crippen molar-refractivity contribution >= 4 is 51.6 Å². The second kappa shape index (κ2) is 8.01. The first-order chi connectivity index (χ1) is 10.2. The van der Waals surface area contributed by atoms with E-state index < -0.39 is 28.4 Å². The maximum Gasteiger partial charge on any atom is 0.433 e. The van der Waals surface area contributed by atoms with Crippen LogP contribution in [0.15, 0.2) is 18.3 Å². The summed E-state index contributed by atoms with van der Waals surface area (Å²) in [5.74, 6) is 0. The molecule has 0 bridgehead atoms. The molecule has 2 rings (SSSR count). The molecule has 0 unspecified atom stereocenters. The Balaban J connectivity index is 0.000000745. The van der Waals surface area contributed by atoms with Gasteiger partial charge in [-0.2, -0.15) is 18.3 Å². The van der Waals surface area contributed by atoms with Crippen molar-refractivity contribution in [2.24, 2.45) is 0 Å². The maximum absolute atomic E-state index is 12.8. The van der Waals surface area contributed by atoms with E-state index in [1.54, 1.807) is 5.10 Å². The maximum atomic E-state index is 12.8. The van der Waals surface area contributed by atoms with Gasteiger partial charge in [0.25, 0.3) is 5.24 Å². The molecule has 0 aliphatic rings. The minimum absolute atomic E-state index is 0.0476. The third-order valence-electron chi connectivity index (χ3n) is 2.23. The fraction of sp³-hybridized carbons (Fsp3) is 0.182. The molecule has 2 aromatic heterocycles. The van der Waals surface area contributed by atoms with E-state index in [2.05, 4.69) is 10.1 Å². The van der Waals surface area contributed by atoms with Gasteiger partial charge in [0.2, 0.25) is 0 Å². The van der Waals surface area contributed by atoms with Crippen LogP contribution in [0, 0.1) is 0 Å². The van der Waals surface area contributed by atoms with Crippen molar-refractivity contribution < 1.29 is 18.0 Å². The van der Waals surface area contributed by atoms with Gasteiger partial charge >= 0.3 is 6.18 Å². The lowest BCUT2D eigenvalue weighted by Gasteiger charge is -2.08. The summed E-state index contributed by atoms with van der Waals surface area (Å²) >= 11 is 20.5. The Morgan fingerprint density at radius 3 is 2.36 bits per heavy atom. The number of hydrogen-bond donors (Lipinski definition) is 1. The number of alkyl halides is 5. The van der Waals surface area contributed by atoms with Gasteiger partial charge in [-0.05, 0) is 23.7 Å². The van der Waals surface area contributed by atoms with Crippen molar-refractivity contribution in [3.8, 4) is 11.3 Å². The number of hydrogen-bond acceptors (Lipinski definition) is 3. The second-order valence-electron chi connectivity index (χ2n) is 3.53. The Hall–Kier alpha value is -1.02. The number of aromatic nitrogens is 3. The zero-order valence-electron chi connectivity index (χ0n) is 10.4. The largest absolute Gasteiger partial charge is 0.433 e. The molecule has 0 amide bonds. The number of rotatable bonds is 2. The molecule has 0 saturated heterocycles. The molecule has 4 nitrogen and oxygen atoms in total. The van der Waals surface area contributed by atoms with Crippen LogP contribution in [0.1, 0.15) is 16.2 Å². The van der Waals surface area contributed by atoms with E-state index in [4.69, 9.17) is 46.4 Å². The Labute approximate surface area is 142 Å². The zero-order valence-corrected chi connectivity index (χ0v) is 13.4. The van der Waals surface area contributed by atoms with Crippen molar-refractivity contribution in [1.82, 2.24) is 15.2 Å². The Bertz CT molecular complexity index is 660. The third-order valence-corrected chi connectivity index (χ3v) is 2.72. The molecule has 0 atom stereocenters. The molecule has 0 aliphatic carbocycles. The van der Waals surface area contributed by atoms with Crippen molar-refractivity contribution in [3.05, 3.63) is 34.7 Å². The molecule has 0 aromatic carbocycles. The topological polar surface area (TPSA) is 58.6 Å². The lowest BCUT2D eigenvalue weighted by Crippen LogP contribution is -2.08. The molecule has 2 heterocycles. The van der Waals surface area contributed by atoms with Crippen LogP contribution in [0.3, 0.4) is 0 Å². The summed E-state index contributed by atoms with van der Waals surface area (Å²) in [6.07, 6.45) is -3.50. The van der Waals surface area contributed by atoms with Crippen LogP contribution in [0.2, 0.25) is 5.02 Å². The summed E-state index contributed by atoms with van der Waals surface area (Å²) in [6.45, 7) is 0.